The lowest BCUT2D eigenvalue weighted by Crippen LogP contribution is -2.34. The number of amides is 1. The molecule has 1 N–H and O–H groups in total. The summed E-state index contributed by atoms with van der Waals surface area (Å²) < 4.78 is 0. The van der Waals surface area contributed by atoms with E-state index in [2.05, 4.69) is 26.6 Å². The molecule has 0 aliphatic rings. The second kappa shape index (κ2) is 8.66. The number of aryl methyl sites for hydroxylation is 1. The van der Waals surface area contributed by atoms with Gasteiger partial charge in [0.1, 0.15) is 0 Å². The normalized spacial score (nSPS) is 12.3. The Morgan fingerprint density at radius 2 is 2.23 bits per heavy atom. The van der Waals surface area contributed by atoms with Gasteiger partial charge in [0.2, 0.25) is 5.91 Å². The first-order valence-electron chi connectivity index (χ1n) is 7.52. The van der Waals surface area contributed by atoms with Gasteiger partial charge in [-0.2, -0.15) is 0 Å². The molecule has 118 valence electrons. The second-order valence-corrected chi connectivity index (χ2v) is 6.49. The van der Waals surface area contributed by atoms with Crippen molar-refractivity contribution in [1.29, 1.82) is 0 Å². The van der Waals surface area contributed by atoms with Crippen LogP contribution in [-0.4, -0.2) is 36.4 Å². The van der Waals surface area contributed by atoms with Crippen molar-refractivity contribution in [3.63, 3.8) is 0 Å². The molecule has 2 rings (SSSR count). The predicted molar refractivity (Wildman–Crippen MR) is 90.9 cm³/mol. The lowest BCUT2D eigenvalue weighted by molar-refractivity contribution is -0.121. The summed E-state index contributed by atoms with van der Waals surface area (Å²) in [4.78, 5) is 19.5. The Morgan fingerprint density at radius 1 is 1.36 bits per heavy atom. The van der Waals surface area contributed by atoms with Crippen LogP contribution in [0, 0.1) is 0 Å². The van der Waals surface area contributed by atoms with Crippen LogP contribution < -0.4 is 5.32 Å². The highest BCUT2D eigenvalue weighted by atomic mass is 32.1. The predicted octanol–water partition coefficient (Wildman–Crippen LogP) is 2.88. The number of hydrogen-bond acceptors (Lipinski definition) is 4. The smallest absolute Gasteiger partial charge is 0.220 e. The van der Waals surface area contributed by atoms with Crippen LogP contribution in [0.1, 0.15) is 29.3 Å². The molecule has 22 heavy (non-hydrogen) atoms. The average molecular weight is 317 g/mol. The molecule has 0 saturated heterocycles. The molecule has 0 radical (unpaired) electrons. The van der Waals surface area contributed by atoms with E-state index in [1.807, 2.05) is 38.5 Å². The number of hydrogen-bond donors (Lipinski definition) is 1. The molecule has 5 heteroatoms. The van der Waals surface area contributed by atoms with Gasteiger partial charge in [-0.25, -0.2) is 0 Å². The Morgan fingerprint density at radius 3 is 2.86 bits per heavy atom. The second-order valence-electron chi connectivity index (χ2n) is 5.51. The van der Waals surface area contributed by atoms with E-state index >= 15 is 0 Å². The third kappa shape index (κ3) is 5.24. The summed E-state index contributed by atoms with van der Waals surface area (Å²) in [6.45, 7) is 0.652. The van der Waals surface area contributed by atoms with Gasteiger partial charge in [-0.1, -0.05) is 12.1 Å². The van der Waals surface area contributed by atoms with Gasteiger partial charge >= 0.3 is 0 Å². The summed E-state index contributed by atoms with van der Waals surface area (Å²) in [5, 5.41) is 5.12. The zero-order valence-corrected chi connectivity index (χ0v) is 14.0. The van der Waals surface area contributed by atoms with Crippen LogP contribution >= 0.6 is 11.3 Å². The molecule has 2 aromatic heterocycles. The number of carbonyl (C=O) groups excluding carboxylic acids is 1. The number of rotatable bonds is 8. The number of likely N-dealkylation sites (N-methyl/N-ethyl adjacent to an activating group) is 1. The van der Waals surface area contributed by atoms with Crippen molar-refractivity contribution in [2.24, 2.45) is 0 Å². The van der Waals surface area contributed by atoms with Crippen LogP contribution in [0.2, 0.25) is 0 Å². The molecule has 2 aromatic rings. The van der Waals surface area contributed by atoms with E-state index in [0.29, 0.717) is 13.0 Å². The van der Waals surface area contributed by atoms with Crippen LogP contribution in [-0.2, 0) is 11.2 Å². The van der Waals surface area contributed by atoms with Gasteiger partial charge < -0.3 is 10.2 Å². The Bertz CT molecular complexity index is 555. The number of nitrogens with zero attached hydrogens (tertiary/aromatic N) is 2. The molecule has 0 bridgehead atoms. The van der Waals surface area contributed by atoms with Gasteiger partial charge in [-0.3, -0.25) is 9.78 Å². The fourth-order valence-electron chi connectivity index (χ4n) is 2.32. The minimum absolute atomic E-state index is 0.118. The number of nitrogens with one attached hydrogen (secondary N) is 1. The first kappa shape index (κ1) is 16.6. The molecule has 0 aliphatic carbocycles. The van der Waals surface area contributed by atoms with Gasteiger partial charge in [0, 0.05) is 30.2 Å². The maximum absolute atomic E-state index is 12.0. The van der Waals surface area contributed by atoms with Crippen LogP contribution in [0.5, 0.6) is 0 Å². The highest BCUT2D eigenvalue weighted by Gasteiger charge is 2.15. The Balaban J connectivity index is 1.72. The summed E-state index contributed by atoms with van der Waals surface area (Å²) in [7, 11) is 4.08. The van der Waals surface area contributed by atoms with Gasteiger partial charge in [0.25, 0.3) is 0 Å². The maximum atomic E-state index is 12.0. The molecule has 1 atom stereocenters. The van der Waals surface area contributed by atoms with E-state index in [9.17, 15) is 4.79 Å². The molecule has 1 unspecified atom stereocenters. The Kier molecular flexibility index (Phi) is 6.55. The minimum atomic E-state index is 0.118. The molecule has 2 heterocycles. The summed E-state index contributed by atoms with van der Waals surface area (Å²) in [5.74, 6) is 0.118. The van der Waals surface area contributed by atoms with Crippen LogP contribution in [0.4, 0.5) is 0 Å². The van der Waals surface area contributed by atoms with Gasteiger partial charge in [-0.05, 0) is 50.0 Å². The number of carbonyl (C=O) groups is 1. The quantitative estimate of drug-likeness (QED) is 0.814. The van der Waals surface area contributed by atoms with Crippen molar-refractivity contribution >= 4 is 17.2 Å². The largest absolute Gasteiger partial charge is 0.354 e. The van der Waals surface area contributed by atoms with Crippen molar-refractivity contribution in [2.75, 3.05) is 20.6 Å². The molecule has 0 aliphatic heterocycles. The molecule has 0 spiro atoms. The van der Waals surface area contributed by atoms with Crippen molar-refractivity contribution < 1.29 is 4.79 Å². The summed E-state index contributed by atoms with van der Waals surface area (Å²) >= 11 is 1.73. The number of aromatic nitrogens is 1. The van der Waals surface area contributed by atoms with E-state index in [0.717, 1.165) is 12.8 Å². The SMILES string of the molecule is CN(C)C(CNC(=O)CCCc1cccnc1)c1cccs1. The first-order chi connectivity index (χ1) is 10.7. The third-order valence-electron chi connectivity index (χ3n) is 3.58. The lowest BCUT2D eigenvalue weighted by Gasteiger charge is -2.23. The van der Waals surface area contributed by atoms with E-state index in [4.69, 9.17) is 0 Å². The number of pyridine rings is 1. The molecule has 0 fully saturated rings. The standard InChI is InChI=1S/C17H23N3OS/c1-20(2)15(16-8-5-11-22-16)13-19-17(21)9-3-6-14-7-4-10-18-12-14/h4-5,7-8,10-12,15H,3,6,9,13H2,1-2H3,(H,19,21). The zero-order valence-electron chi connectivity index (χ0n) is 13.2. The topological polar surface area (TPSA) is 45.2 Å². The number of thiophene rings is 1. The van der Waals surface area contributed by atoms with Crippen LogP contribution in [0.25, 0.3) is 0 Å². The average Bonchev–Trinajstić information content (AvgIpc) is 3.02. The molecule has 0 aromatic carbocycles. The molecule has 0 saturated carbocycles. The highest BCUT2D eigenvalue weighted by molar-refractivity contribution is 7.10. The Labute approximate surface area is 136 Å². The lowest BCUT2D eigenvalue weighted by atomic mass is 10.1. The van der Waals surface area contributed by atoms with Crippen molar-refractivity contribution in [2.45, 2.75) is 25.3 Å². The van der Waals surface area contributed by atoms with E-state index in [-0.39, 0.29) is 11.9 Å². The van der Waals surface area contributed by atoms with Crippen LogP contribution in [0.15, 0.2) is 42.0 Å². The highest BCUT2D eigenvalue weighted by Crippen LogP contribution is 2.22. The minimum Gasteiger partial charge on any atom is -0.354 e. The molecular weight excluding hydrogens is 294 g/mol. The van der Waals surface area contributed by atoms with Crippen molar-refractivity contribution in [3.05, 3.63) is 52.5 Å². The maximum Gasteiger partial charge on any atom is 0.220 e. The molecule has 4 nitrogen and oxygen atoms in total. The van der Waals surface area contributed by atoms with Gasteiger partial charge in [0.15, 0.2) is 0 Å². The van der Waals surface area contributed by atoms with Crippen molar-refractivity contribution in [3.8, 4) is 0 Å². The zero-order chi connectivity index (χ0) is 15.8. The fourth-order valence-corrected chi connectivity index (χ4v) is 3.24. The summed E-state index contributed by atoms with van der Waals surface area (Å²) in [5.41, 5.74) is 1.18. The van der Waals surface area contributed by atoms with E-state index < -0.39 is 0 Å². The van der Waals surface area contributed by atoms with Gasteiger partial charge in [0.05, 0.1) is 6.04 Å². The molecule has 1 amide bonds. The Hall–Kier alpha value is -1.72. The van der Waals surface area contributed by atoms with Crippen LogP contribution in [0.3, 0.4) is 0 Å². The monoisotopic (exact) mass is 317 g/mol. The first-order valence-corrected chi connectivity index (χ1v) is 8.40. The van der Waals surface area contributed by atoms with E-state index in [1.165, 1.54) is 10.4 Å². The van der Waals surface area contributed by atoms with Crippen molar-refractivity contribution in [1.82, 2.24) is 15.2 Å². The third-order valence-corrected chi connectivity index (χ3v) is 4.55. The van der Waals surface area contributed by atoms with E-state index in [1.54, 1.807) is 17.5 Å². The fraction of sp³-hybridized carbons (Fsp3) is 0.412. The summed E-state index contributed by atoms with van der Waals surface area (Å²) in [6.07, 6.45) is 5.92. The van der Waals surface area contributed by atoms with Gasteiger partial charge in [-0.15, -0.1) is 11.3 Å². The summed E-state index contributed by atoms with van der Waals surface area (Å²) in [6, 6.07) is 8.38. The molecular formula is C17H23N3OS.